The third-order valence-electron chi connectivity index (χ3n) is 2.75. The summed E-state index contributed by atoms with van der Waals surface area (Å²) < 4.78 is 5.26. The fourth-order valence-corrected chi connectivity index (χ4v) is 1.69. The molecule has 0 bridgehead atoms. The molecule has 1 aliphatic carbocycles. The van der Waals surface area contributed by atoms with Crippen molar-refractivity contribution in [2.75, 3.05) is 0 Å². The largest absolute Gasteiger partial charge is 0.429 e. The third-order valence-corrected chi connectivity index (χ3v) is 3.04. The van der Waals surface area contributed by atoms with Crippen molar-refractivity contribution < 1.29 is 4.42 Å². The van der Waals surface area contributed by atoms with Crippen LogP contribution in [0.3, 0.4) is 0 Å². The predicted octanol–water partition coefficient (Wildman–Crippen LogP) is 2.31. The van der Waals surface area contributed by atoms with E-state index in [0.717, 1.165) is 37.8 Å². The van der Waals surface area contributed by atoms with Crippen LogP contribution in [0.25, 0.3) is 0 Å². The molecule has 4 heteroatoms. The molecule has 0 atom stereocenters. The van der Waals surface area contributed by atoms with Gasteiger partial charge in [0.05, 0.1) is 5.69 Å². The topological polar surface area (TPSA) is 52.0 Å². The van der Waals surface area contributed by atoms with Crippen LogP contribution in [0.2, 0.25) is 5.22 Å². The first-order valence-corrected chi connectivity index (χ1v) is 5.44. The van der Waals surface area contributed by atoms with Gasteiger partial charge in [0, 0.05) is 12.0 Å². The van der Waals surface area contributed by atoms with Gasteiger partial charge in [-0.05, 0) is 37.3 Å². The van der Waals surface area contributed by atoms with Crippen LogP contribution in [0.4, 0.5) is 0 Å². The van der Waals surface area contributed by atoms with Gasteiger partial charge in [-0.25, -0.2) is 4.98 Å². The maximum absolute atomic E-state index is 5.98. The summed E-state index contributed by atoms with van der Waals surface area (Å²) in [6.45, 7) is 2.00. The molecular formula is C10H15ClN2O. The molecule has 1 heterocycles. The highest BCUT2D eigenvalue weighted by molar-refractivity contribution is 6.29. The average Bonchev–Trinajstić information content (AvgIpc) is 2.77. The van der Waals surface area contributed by atoms with Crippen LogP contribution in [0.1, 0.15) is 37.8 Å². The Bertz CT molecular complexity index is 331. The fraction of sp³-hybridized carbons (Fsp3) is 0.700. The van der Waals surface area contributed by atoms with E-state index in [4.69, 9.17) is 21.8 Å². The predicted molar refractivity (Wildman–Crippen MR) is 55.4 cm³/mol. The maximum Gasteiger partial charge on any atom is 0.217 e. The number of nitrogens with two attached hydrogens (primary N) is 1. The summed E-state index contributed by atoms with van der Waals surface area (Å²) in [5, 5.41) is 0.436. The van der Waals surface area contributed by atoms with E-state index in [1.165, 1.54) is 0 Å². The minimum absolute atomic E-state index is 0.0641. The van der Waals surface area contributed by atoms with Gasteiger partial charge in [0.2, 0.25) is 5.22 Å². The molecule has 78 valence electrons. The van der Waals surface area contributed by atoms with Crippen LogP contribution in [0, 0.1) is 0 Å². The Kier molecular flexibility index (Phi) is 2.54. The van der Waals surface area contributed by atoms with E-state index in [2.05, 4.69) is 4.98 Å². The second-order valence-electron chi connectivity index (χ2n) is 4.04. The average molecular weight is 215 g/mol. The number of aryl methyl sites for hydroxylation is 2. The number of rotatable bonds is 4. The van der Waals surface area contributed by atoms with Gasteiger partial charge in [-0.2, -0.15) is 0 Å². The van der Waals surface area contributed by atoms with Gasteiger partial charge in [0.15, 0.2) is 5.89 Å². The fourth-order valence-electron chi connectivity index (χ4n) is 1.46. The summed E-state index contributed by atoms with van der Waals surface area (Å²) in [6, 6.07) is 0. The van der Waals surface area contributed by atoms with Crippen molar-refractivity contribution in [3.8, 4) is 0 Å². The lowest BCUT2D eigenvalue weighted by Crippen LogP contribution is -2.22. The smallest absolute Gasteiger partial charge is 0.217 e. The van der Waals surface area contributed by atoms with Crippen LogP contribution < -0.4 is 5.73 Å². The molecule has 0 amide bonds. The molecule has 1 saturated carbocycles. The van der Waals surface area contributed by atoms with E-state index in [9.17, 15) is 0 Å². The molecule has 1 aromatic heterocycles. The van der Waals surface area contributed by atoms with Gasteiger partial charge in [-0.3, -0.25) is 0 Å². The molecule has 1 aliphatic rings. The van der Waals surface area contributed by atoms with E-state index in [-0.39, 0.29) is 5.54 Å². The molecule has 0 radical (unpaired) electrons. The Morgan fingerprint density at radius 2 is 2.29 bits per heavy atom. The first-order valence-electron chi connectivity index (χ1n) is 5.06. The van der Waals surface area contributed by atoms with Crippen molar-refractivity contribution in [3.63, 3.8) is 0 Å². The highest BCUT2D eigenvalue weighted by Gasteiger charge is 2.37. The second-order valence-corrected chi connectivity index (χ2v) is 4.39. The minimum Gasteiger partial charge on any atom is -0.429 e. The highest BCUT2D eigenvalue weighted by atomic mass is 35.5. The lowest BCUT2D eigenvalue weighted by atomic mass is 10.1. The van der Waals surface area contributed by atoms with Crippen LogP contribution >= 0.6 is 11.6 Å². The van der Waals surface area contributed by atoms with Crippen molar-refractivity contribution in [1.82, 2.24) is 4.98 Å². The number of nitrogens with zero attached hydrogens (tertiary/aromatic N) is 1. The zero-order valence-corrected chi connectivity index (χ0v) is 9.10. The Labute approximate surface area is 88.6 Å². The first kappa shape index (κ1) is 9.99. The standard InChI is InChI=1S/C10H15ClN2O/c1-2-8-13-7(9(11)14-8)3-4-10(12)5-6-10/h2-6,12H2,1H3. The molecule has 1 aromatic rings. The lowest BCUT2D eigenvalue weighted by molar-refractivity contribution is 0.502. The summed E-state index contributed by atoms with van der Waals surface area (Å²) in [6.07, 6.45) is 4.83. The first-order chi connectivity index (χ1) is 6.63. The Morgan fingerprint density at radius 1 is 1.57 bits per heavy atom. The van der Waals surface area contributed by atoms with E-state index < -0.39 is 0 Å². The monoisotopic (exact) mass is 214 g/mol. The number of halogens is 1. The molecular weight excluding hydrogens is 200 g/mol. The van der Waals surface area contributed by atoms with Crippen molar-refractivity contribution in [3.05, 3.63) is 16.8 Å². The van der Waals surface area contributed by atoms with Gasteiger partial charge in [0.1, 0.15) is 0 Å². The number of oxazole rings is 1. The zero-order chi connectivity index (χ0) is 10.2. The minimum atomic E-state index is 0.0641. The van der Waals surface area contributed by atoms with Crippen LogP contribution in [0.5, 0.6) is 0 Å². The van der Waals surface area contributed by atoms with Crippen LogP contribution in [-0.2, 0) is 12.8 Å². The molecule has 0 aliphatic heterocycles. The molecule has 1 fully saturated rings. The molecule has 0 spiro atoms. The molecule has 0 aromatic carbocycles. The van der Waals surface area contributed by atoms with Crippen LogP contribution in [-0.4, -0.2) is 10.5 Å². The van der Waals surface area contributed by atoms with E-state index in [0.29, 0.717) is 11.1 Å². The van der Waals surface area contributed by atoms with Gasteiger partial charge >= 0.3 is 0 Å². The van der Waals surface area contributed by atoms with E-state index in [1.807, 2.05) is 6.92 Å². The van der Waals surface area contributed by atoms with Gasteiger partial charge in [-0.1, -0.05) is 6.92 Å². The van der Waals surface area contributed by atoms with Gasteiger partial charge in [-0.15, -0.1) is 0 Å². The lowest BCUT2D eigenvalue weighted by Gasteiger charge is -2.05. The number of hydrogen-bond acceptors (Lipinski definition) is 3. The zero-order valence-electron chi connectivity index (χ0n) is 8.35. The van der Waals surface area contributed by atoms with Crippen molar-refractivity contribution in [2.24, 2.45) is 5.73 Å². The van der Waals surface area contributed by atoms with Crippen molar-refractivity contribution in [2.45, 2.75) is 44.6 Å². The van der Waals surface area contributed by atoms with Crippen molar-refractivity contribution >= 4 is 11.6 Å². The molecule has 2 N–H and O–H groups in total. The maximum atomic E-state index is 5.98. The molecule has 3 nitrogen and oxygen atoms in total. The summed E-state index contributed by atoms with van der Waals surface area (Å²) in [7, 11) is 0. The van der Waals surface area contributed by atoms with E-state index >= 15 is 0 Å². The summed E-state index contributed by atoms with van der Waals surface area (Å²) in [4.78, 5) is 4.30. The Balaban J connectivity index is 1.97. The number of hydrogen-bond donors (Lipinski definition) is 1. The molecule has 0 saturated heterocycles. The van der Waals surface area contributed by atoms with Crippen LogP contribution in [0.15, 0.2) is 4.42 Å². The SMILES string of the molecule is CCc1nc(CCC2(N)CC2)c(Cl)o1. The molecule has 2 rings (SSSR count). The Hall–Kier alpha value is -0.540. The van der Waals surface area contributed by atoms with Gasteiger partial charge in [0.25, 0.3) is 0 Å². The molecule has 0 unspecified atom stereocenters. The third kappa shape index (κ3) is 2.10. The number of aromatic nitrogens is 1. The molecule has 14 heavy (non-hydrogen) atoms. The second kappa shape index (κ2) is 3.55. The summed E-state index contributed by atoms with van der Waals surface area (Å²) >= 11 is 5.90. The normalized spacial score (nSPS) is 18.5. The summed E-state index contributed by atoms with van der Waals surface area (Å²) in [5.74, 6) is 0.715. The van der Waals surface area contributed by atoms with Crippen molar-refractivity contribution in [1.29, 1.82) is 0 Å². The quantitative estimate of drug-likeness (QED) is 0.837. The highest BCUT2D eigenvalue weighted by Crippen LogP contribution is 2.37. The Morgan fingerprint density at radius 3 is 2.79 bits per heavy atom. The summed E-state index contributed by atoms with van der Waals surface area (Å²) in [5.41, 5.74) is 6.91. The van der Waals surface area contributed by atoms with E-state index in [1.54, 1.807) is 0 Å². The van der Waals surface area contributed by atoms with Gasteiger partial charge < -0.3 is 10.2 Å².